The largest absolute Gasteiger partial charge is 0.484 e. The number of carbonyl (C=O) groups is 1. The van der Waals surface area contributed by atoms with Gasteiger partial charge in [0.2, 0.25) is 0 Å². The highest BCUT2D eigenvalue weighted by atomic mass is 19.1. The third-order valence-corrected chi connectivity index (χ3v) is 3.45. The van der Waals surface area contributed by atoms with Crippen LogP contribution >= 0.6 is 0 Å². The number of rotatable bonds is 3. The number of para-hydroxylation sites is 1. The van der Waals surface area contributed by atoms with Gasteiger partial charge in [-0.05, 0) is 32.0 Å². The third kappa shape index (κ3) is 2.90. The number of amides is 1. The molecule has 1 amide bonds. The van der Waals surface area contributed by atoms with Gasteiger partial charge in [-0.1, -0.05) is 12.1 Å². The summed E-state index contributed by atoms with van der Waals surface area (Å²) in [6.45, 7) is 4.43. The smallest absolute Gasteiger partial charge is 0.272 e. The molecule has 114 valence electrons. The van der Waals surface area contributed by atoms with Crippen molar-refractivity contribution in [2.45, 2.75) is 20.0 Å². The highest BCUT2D eigenvalue weighted by Gasteiger charge is 2.34. The molecule has 0 N–H and O–H groups in total. The van der Waals surface area contributed by atoms with E-state index >= 15 is 0 Å². The zero-order valence-electron chi connectivity index (χ0n) is 12.4. The summed E-state index contributed by atoms with van der Waals surface area (Å²) in [5.74, 6) is 0.243. The molecule has 0 unspecified atom stereocenters. The predicted octanol–water partition coefficient (Wildman–Crippen LogP) is 2.14. The van der Waals surface area contributed by atoms with Crippen molar-refractivity contribution < 1.29 is 13.9 Å². The molecule has 2 aromatic rings. The van der Waals surface area contributed by atoms with Gasteiger partial charge in [-0.25, -0.2) is 14.4 Å². The highest BCUT2D eigenvalue weighted by Crippen LogP contribution is 2.22. The van der Waals surface area contributed by atoms with Gasteiger partial charge in [0, 0.05) is 5.69 Å². The number of carbonyl (C=O) groups excluding carboxylic acids is 1. The van der Waals surface area contributed by atoms with Gasteiger partial charge in [-0.15, -0.1) is 0 Å². The maximum absolute atomic E-state index is 13.5. The maximum Gasteiger partial charge on any atom is 0.272 e. The van der Waals surface area contributed by atoms with Crippen molar-refractivity contribution in [3.05, 3.63) is 53.4 Å². The topological polar surface area (TPSA) is 55.3 Å². The van der Waals surface area contributed by atoms with Crippen molar-refractivity contribution in [2.75, 3.05) is 13.1 Å². The second-order valence-electron chi connectivity index (χ2n) is 5.32. The Labute approximate surface area is 127 Å². The molecule has 6 heteroatoms. The second kappa shape index (κ2) is 5.71. The van der Waals surface area contributed by atoms with E-state index in [2.05, 4.69) is 9.97 Å². The van der Waals surface area contributed by atoms with Gasteiger partial charge in [-0.3, -0.25) is 4.79 Å². The molecule has 0 bridgehead atoms. The first-order valence-electron chi connectivity index (χ1n) is 7.05. The first-order chi connectivity index (χ1) is 10.5. The van der Waals surface area contributed by atoms with Crippen LogP contribution in [-0.2, 0) is 0 Å². The zero-order chi connectivity index (χ0) is 15.7. The first-order valence-corrected chi connectivity index (χ1v) is 7.05. The van der Waals surface area contributed by atoms with Crippen LogP contribution in [-0.4, -0.2) is 40.0 Å². The molecule has 0 radical (unpaired) electrons. The molecule has 1 fully saturated rings. The first kappa shape index (κ1) is 14.4. The Morgan fingerprint density at radius 2 is 2.00 bits per heavy atom. The summed E-state index contributed by atoms with van der Waals surface area (Å²) < 4.78 is 19.0. The van der Waals surface area contributed by atoms with E-state index in [0.29, 0.717) is 24.6 Å². The van der Waals surface area contributed by atoms with E-state index in [-0.39, 0.29) is 17.8 Å². The van der Waals surface area contributed by atoms with Gasteiger partial charge < -0.3 is 9.64 Å². The van der Waals surface area contributed by atoms with Crippen molar-refractivity contribution >= 4 is 5.91 Å². The lowest BCUT2D eigenvalue weighted by molar-refractivity contribution is 0.0159. The molecule has 1 aliphatic heterocycles. The van der Waals surface area contributed by atoms with Crippen molar-refractivity contribution in [3.8, 4) is 5.75 Å². The Balaban J connectivity index is 1.61. The van der Waals surface area contributed by atoms with Crippen LogP contribution in [0.15, 0.2) is 30.3 Å². The Morgan fingerprint density at radius 1 is 1.27 bits per heavy atom. The molecular formula is C16H16FN3O2. The molecule has 1 aliphatic rings. The molecule has 2 heterocycles. The summed E-state index contributed by atoms with van der Waals surface area (Å²) in [6.07, 6.45) is -0.190. The van der Waals surface area contributed by atoms with Crippen LogP contribution in [0.25, 0.3) is 0 Å². The summed E-state index contributed by atoms with van der Waals surface area (Å²) in [5, 5.41) is 0. The number of hydrogen-bond acceptors (Lipinski definition) is 4. The van der Waals surface area contributed by atoms with Gasteiger partial charge in [0.25, 0.3) is 5.91 Å². The molecule has 0 saturated carbocycles. The van der Waals surface area contributed by atoms with Crippen molar-refractivity contribution in [2.24, 2.45) is 0 Å². The molecule has 0 atom stereocenters. The second-order valence-corrected chi connectivity index (χ2v) is 5.32. The van der Waals surface area contributed by atoms with Crippen LogP contribution in [0.1, 0.15) is 22.0 Å². The zero-order valence-corrected chi connectivity index (χ0v) is 12.4. The summed E-state index contributed by atoms with van der Waals surface area (Å²) >= 11 is 0. The van der Waals surface area contributed by atoms with Crippen LogP contribution in [0.4, 0.5) is 4.39 Å². The third-order valence-electron chi connectivity index (χ3n) is 3.45. The number of aromatic nitrogens is 2. The number of nitrogens with zero attached hydrogens (tertiary/aromatic N) is 3. The number of likely N-dealkylation sites (tertiary alicyclic amines) is 1. The molecule has 5 nitrogen and oxygen atoms in total. The summed E-state index contributed by atoms with van der Waals surface area (Å²) in [4.78, 5) is 22.2. The number of halogens is 1. The molecular weight excluding hydrogens is 285 g/mol. The van der Waals surface area contributed by atoms with E-state index in [1.807, 2.05) is 6.92 Å². The minimum absolute atomic E-state index is 0.151. The fraction of sp³-hybridized carbons (Fsp3) is 0.312. The van der Waals surface area contributed by atoms with Gasteiger partial charge in [0.1, 0.15) is 17.6 Å². The Bertz CT molecular complexity index is 694. The van der Waals surface area contributed by atoms with Crippen LogP contribution in [0, 0.1) is 19.7 Å². The maximum atomic E-state index is 13.5. The molecule has 1 aromatic heterocycles. The Morgan fingerprint density at radius 3 is 2.68 bits per heavy atom. The van der Waals surface area contributed by atoms with Gasteiger partial charge >= 0.3 is 0 Å². The van der Waals surface area contributed by atoms with E-state index in [9.17, 15) is 9.18 Å². The fourth-order valence-electron chi connectivity index (χ4n) is 2.39. The molecule has 0 spiro atoms. The predicted molar refractivity (Wildman–Crippen MR) is 78.2 cm³/mol. The van der Waals surface area contributed by atoms with E-state index < -0.39 is 5.82 Å². The van der Waals surface area contributed by atoms with Gasteiger partial charge in [-0.2, -0.15) is 0 Å². The minimum Gasteiger partial charge on any atom is -0.484 e. The van der Waals surface area contributed by atoms with Crippen LogP contribution in [0.5, 0.6) is 5.75 Å². The minimum atomic E-state index is -0.394. The SMILES string of the molecule is Cc1cc(C(=O)N2CC(Oc3ccccc3F)C2)nc(C)n1. The summed E-state index contributed by atoms with van der Waals surface area (Å²) in [5.41, 5.74) is 1.14. The fourth-order valence-corrected chi connectivity index (χ4v) is 2.39. The summed E-state index contributed by atoms with van der Waals surface area (Å²) in [7, 11) is 0. The number of aryl methyl sites for hydroxylation is 2. The Kier molecular flexibility index (Phi) is 3.75. The molecule has 22 heavy (non-hydrogen) atoms. The molecule has 1 aromatic carbocycles. The lowest BCUT2D eigenvalue weighted by Crippen LogP contribution is -2.56. The standard InChI is InChI=1S/C16H16FN3O2/c1-10-7-14(19-11(2)18-10)16(21)20-8-12(9-20)22-15-6-4-3-5-13(15)17/h3-7,12H,8-9H2,1-2H3. The summed E-state index contributed by atoms with van der Waals surface area (Å²) in [6, 6.07) is 7.92. The average Bonchev–Trinajstić information content (AvgIpc) is 2.42. The van der Waals surface area contributed by atoms with E-state index in [1.165, 1.54) is 6.07 Å². The highest BCUT2D eigenvalue weighted by molar-refractivity contribution is 5.93. The van der Waals surface area contributed by atoms with E-state index in [1.54, 1.807) is 36.1 Å². The van der Waals surface area contributed by atoms with E-state index in [0.717, 1.165) is 5.69 Å². The molecule has 1 saturated heterocycles. The van der Waals surface area contributed by atoms with Crippen LogP contribution in [0.3, 0.4) is 0 Å². The number of hydrogen-bond donors (Lipinski definition) is 0. The van der Waals surface area contributed by atoms with Crippen molar-refractivity contribution in [1.82, 2.24) is 14.9 Å². The van der Waals surface area contributed by atoms with Crippen molar-refractivity contribution in [3.63, 3.8) is 0 Å². The Hall–Kier alpha value is -2.50. The normalized spacial score (nSPS) is 14.6. The lowest BCUT2D eigenvalue weighted by atomic mass is 10.1. The van der Waals surface area contributed by atoms with E-state index in [4.69, 9.17) is 4.74 Å². The van der Waals surface area contributed by atoms with Crippen molar-refractivity contribution in [1.29, 1.82) is 0 Å². The van der Waals surface area contributed by atoms with Gasteiger partial charge in [0.15, 0.2) is 11.6 Å². The van der Waals surface area contributed by atoms with Gasteiger partial charge in [0.05, 0.1) is 13.1 Å². The monoisotopic (exact) mass is 301 g/mol. The van der Waals surface area contributed by atoms with Crippen LogP contribution < -0.4 is 4.74 Å². The number of ether oxygens (including phenoxy) is 1. The number of benzene rings is 1. The average molecular weight is 301 g/mol. The van der Waals surface area contributed by atoms with Crippen LogP contribution in [0.2, 0.25) is 0 Å². The lowest BCUT2D eigenvalue weighted by Gasteiger charge is -2.38. The molecule has 3 rings (SSSR count). The molecule has 0 aliphatic carbocycles. The quantitative estimate of drug-likeness (QED) is 0.871.